The van der Waals surface area contributed by atoms with Gasteiger partial charge in [-0.1, -0.05) is 0 Å². The Labute approximate surface area is 192 Å². The van der Waals surface area contributed by atoms with E-state index in [2.05, 4.69) is 20.7 Å². The quantitative estimate of drug-likeness (QED) is 0.599. The summed E-state index contributed by atoms with van der Waals surface area (Å²) in [5.41, 5.74) is 1.03. The van der Waals surface area contributed by atoms with Gasteiger partial charge in [-0.25, -0.2) is 9.48 Å². The molecule has 1 aliphatic heterocycles. The van der Waals surface area contributed by atoms with Gasteiger partial charge >= 0.3 is 5.63 Å². The van der Waals surface area contributed by atoms with E-state index in [1.165, 1.54) is 0 Å². The third-order valence-corrected chi connectivity index (χ3v) is 5.13. The minimum Gasteiger partial charge on any atom is -0.427 e. The molecule has 1 atom stereocenters. The summed E-state index contributed by atoms with van der Waals surface area (Å²) in [5.74, 6) is 0.806. The zero-order valence-corrected chi connectivity index (χ0v) is 18.7. The van der Waals surface area contributed by atoms with E-state index in [9.17, 15) is 9.59 Å². The van der Waals surface area contributed by atoms with Crippen LogP contribution < -0.4 is 16.3 Å². The summed E-state index contributed by atoms with van der Waals surface area (Å²) in [7, 11) is 0. The smallest absolute Gasteiger partial charge is 0.349 e. The molecule has 0 spiro atoms. The number of carbonyl (C=O) groups is 1. The van der Waals surface area contributed by atoms with Crippen molar-refractivity contribution < 1.29 is 9.21 Å². The van der Waals surface area contributed by atoms with E-state index in [0.717, 1.165) is 31.5 Å². The fourth-order valence-corrected chi connectivity index (χ4v) is 3.61. The van der Waals surface area contributed by atoms with Crippen molar-refractivity contribution in [2.75, 3.05) is 18.4 Å². The first-order valence-corrected chi connectivity index (χ1v) is 9.69. The number of carbonyl (C=O) groups excluding carboxylic acids is 1. The van der Waals surface area contributed by atoms with Crippen LogP contribution in [-0.2, 0) is 6.54 Å². The summed E-state index contributed by atoms with van der Waals surface area (Å²) in [6.45, 7) is 4.00. The first kappa shape index (κ1) is 24.6. The third kappa shape index (κ3) is 5.72. The number of hydrogen-bond acceptors (Lipinski definition) is 6. The number of piperidine rings is 1. The van der Waals surface area contributed by atoms with Crippen molar-refractivity contribution in [3.63, 3.8) is 0 Å². The highest BCUT2D eigenvalue weighted by molar-refractivity contribution is 6.04. The van der Waals surface area contributed by atoms with E-state index in [-0.39, 0.29) is 36.3 Å². The Balaban J connectivity index is 0.00000171. The minimum atomic E-state index is -0.608. The summed E-state index contributed by atoms with van der Waals surface area (Å²) in [5, 5.41) is 10.3. The van der Waals surface area contributed by atoms with Gasteiger partial charge in [0, 0.05) is 30.9 Å². The molecule has 4 rings (SSSR count). The van der Waals surface area contributed by atoms with E-state index >= 15 is 0 Å². The van der Waals surface area contributed by atoms with E-state index in [4.69, 9.17) is 4.42 Å². The van der Waals surface area contributed by atoms with E-state index < -0.39 is 11.5 Å². The lowest BCUT2D eigenvalue weighted by molar-refractivity contribution is 0.102. The summed E-state index contributed by atoms with van der Waals surface area (Å²) in [6.07, 6.45) is 7.02. The van der Waals surface area contributed by atoms with Crippen LogP contribution in [0.2, 0.25) is 0 Å². The second kappa shape index (κ2) is 11.1. The van der Waals surface area contributed by atoms with Crippen molar-refractivity contribution >= 4 is 36.5 Å². The van der Waals surface area contributed by atoms with Crippen LogP contribution in [0.15, 0.2) is 52.1 Å². The molecule has 10 heteroatoms. The van der Waals surface area contributed by atoms with Crippen LogP contribution in [0.1, 0.15) is 46.0 Å². The lowest BCUT2D eigenvalue weighted by Crippen LogP contribution is -2.30. The van der Waals surface area contributed by atoms with Gasteiger partial charge in [-0.3, -0.25) is 9.78 Å². The molecule has 1 aliphatic rings. The first-order chi connectivity index (χ1) is 14.1. The van der Waals surface area contributed by atoms with Crippen molar-refractivity contribution in [1.29, 1.82) is 0 Å². The fraction of sp³-hybridized carbons (Fsp3) is 0.333. The van der Waals surface area contributed by atoms with Crippen LogP contribution in [0.5, 0.6) is 0 Å². The molecule has 1 fully saturated rings. The van der Waals surface area contributed by atoms with Gasteiger partial charge in [0.15, 0.2) is 0 Å². The maximum absolute atomic E-state index is 12.8. The number of halogens is 2. The van der Waals surface area contributed by atoms with Gasteiger partial charge in [-0.15, -0.1) is 24.8 Å². The second-order valence-electron chi connectivity index (χ2n) is 7.22. The van der Waals surface area contributed by atoms with Crippen molar-refractivity contribution in [2.45, 2.75) is 32.2 Å². The topological polar surface area (TPSA) is 102 Å². The van der Waals surface area contributed by atoms with E-state index in [1.54, 1.807) is 36.3 Å². The maximum Gasteiger partial charge on any atom is 0.349 e. The monoisotopic (exact) mass is 465 g/mol. The van der Waals surface area contributed by atoms with E-state index in [0.29, 0.717) is 23.7 Å². The Morgan fingerprint density at radius 1 is 1.26 bits per heavy atom. The zero-order chi connectivity index (χ0) is 20.2. The lowest BCUT2D eigenvalue weighted by atomic mass is 9.95. The molecule has 1 unspecified atom stereocenters. The van der Waals surface area contributed by atoms with Crippen molar-refractivity contribution in [1.82, 2.24) is 20.1 Å². The second-order valence-corrected chi connectivity index (χ2v) is 7.22. The molecule has 4 heterocycles. The van der Waals surface area contributed by atoms with Gasteiger partial charge in [0.25, 0.3) is 5.91 Å². The van der Waals surface area contributed by atoms with Crippen LogP contribution in [0, 0.1) is 6.92 Å². The van der Waals surface area contributed by atoms with Gasteiger partial charge in [0.2, 0.25) is 0 Å². The predicted molar refractivity (Wildman–Crippen MR) is 123 cm³/mol. The Morgan fingerprint density at radius 3 is 2.71 bits per heavy atom. The molecule has 8 nitrogen and oxygen atoms in total. The number of anilines is 1. The highest BCUT2D eigenvalue weighted by atomic mass is 35.5. The number of rotatable bonds is 5. The Kier molecular flexibility index (Phi) is 8.79. The summed E-state index contributed by atoms with van der Waals surface area (Å²) >= 11 is 0. The standard InChI is InChI=1S/C21H23N5O3.2ClH/c1-14-11-17(16-3-2-7-23-12-16)29-21(28)19(14)20(27)25-18-6-10-24-26(18)13-15-4-8-22-9-5-15;;/h4-6,8-11,16,23H,2-3,7,12-13H2,1H3,(H,25,27);2*1H. The molecular weight excluding hydrogens is 441 g/mol. The maximum atomic E-state index is 12.8. The molecule has 0 saturated carbocycles. The highest BCUT2D eigenvalue weighted by Crippen LogP contribution is 2.24. The predicted octanol–water partition coefficient (Wildman–Crippen LogP) is 3.15. The van der Waals surface area contributed by atoms with Crippen LogP contribution in [0.3, 0.4) is 0 Å². The van der Waals surface area contributed by atoms with Crippen LogP contribution in [0.4, 0.5) is 5.82 Å². The number of nitrogens with one attached hydrogen (secondary N) is 2. The van der Waals surface area contributed by atoms with Crippen molar-refractivity contribution in [3.8, 4) is 0 Å². The molecule has 1 saturated heterocycles. The summed E-state index contributed by atoms with van der Waals surface area (Å²) in [6, 6.07) is 7.26. The number of hydrogen-bond donors (Lipinski definition) is 2. The average molecular weight is 466 g/mol. The molecule has 1 amide bonds. The van der Waals surface area contributed by atoms with Crippen LogP contribution >= 0.6 is 24.8 Å². The third-order valence-electron chi connectivity index (χ3n) is 5.13. The molecule has 2 N–H and O–H groups in total. The zero-order valence-electron chi connectivity index (χ0n) is 17.0. The van der Waals surface area contributed by atoms with Gasteiger partial charge in [0.1, 0.15) is 17.1 Å². The number of pyridine rings is 1. The molecule has 0 radical (unpaired) electrons. The molecule has 166 valence electrons. The molecule has 3 aromatic rings. The van der Waals surface area contributed by atoms with Crippen molar-refractivity contribution in [3.05, 3.63) is 75.7 Å². The summed E-state index contributed by atoms with van der Waals surface area (Å²) < 4.78 is 7.17. The highest BCUT2D eigenvalue weighted by Gasteiger charge is 2.23. The largest absolute Gasteiger partial charge is 0.427 e. The van der Waals surface area contributed by atoms with Gasteiger partial charge in [-0.2, -0.15) is 5.10 Å². The SMILES string of the molecule is Cc1cc(C2CCCNC2)oc(=O)c1C(=O)Nc1ccnn1Cc1ccncc1.Cl.Cl. The Bertz CT molecular complexity index is 1060. The number of aryl methyl sites for hydroxylation is 1. The number of amides is 1. The molecule has 3 aromatic heterocycles. The van der Waals surface area contributed by atoms with Gasteiger partial charge < -0.3 is 15.1 Å². The lowest BCUT2D eigenvalue weighted by Gasteiger charge is -2.22. The molecule has 0 bridgehead atoms. The Morgan fingerprint density at radius 2 is 2.03 bits per heavy atom. The molecule has 31 heavy (non-hydrogen) atoms. The van der Waals surface area contributed by atoms with Gasteiger partial charge in [-0.05, 0) is 55.6 Å². The average Bonchev–Trinajstić information content (AvgIpc) is 3.15. The summed E-state index contributed by atoms with van der Waals surface area (Å²) in [4.78, 5) is 29.4. The molecule has 0 aromatic carbocycles. The van der Waals surface area contributed by atoms with Crippen LogP contribution in [-0.4, -0.2) is 33.8 Å². The Hall–Kier alpha value is -2.68. The number of nitrogens with zero attached hydrogens (tertiary/aromatic N) is 3. The normalized spacial score (nSPS) is 15.5. The molecular formula is C21H25Cl2N5O3. The van der Waals surface area contributed by atoms with Crippen LogP contribution in [0.25, 0.3) is 0 Å². The first-order valence-electron chi connectivity index (χ1n) is 9.69. The van der Waals surface area contributed by atoms with Gasteiger partial charge in [0.05, 0.1) is 12.7 Å². The molecule has 0 aliphatic carbocycles. The minimum absolute atomic E-state index is 0. The fourth-order valence-electron chi connectivity index (χ4n) is 3.61. The van der Waals surface area contributed by atoms with E-state index in [1.807, 2.05) is 18.2 Å². The number of aromatic nitrogens is 3. The van der Waals surface area contributed by atoms with Crippen molar-refractivity contribution in [2.24, 2.45) is 0 Å².